The molecule has 1 fully saturated rings. The van der Waals surface area contributed by atoms with Crippen LogP contribution in [-0.4, -0.2) is 40.6 Å². The Labute approximate surface area is 228 Å². The van der Waals surface area contributed by atoms with Crippen molar-refractivity contribution in [2.24, 2.45) is 0 Å². The van der Waals surface area contributed by atoms with Crippen LogP contribution in [0, 0.1) is 20.8 Å². The number of aryl methyl sites for hydroxylation is 3. The van der Waals surface area contributed by atoms with Gasteiger partial charge in [-0.25, -0.2) is 0 Å². The number of carbonyl (C=O) groups excluding carboxylic acids is 4. The average molecular weight is 524 g/mol. The summed E-state index contributed by atoms with van der Waals surface area (Å²) in [5.41, 5.74) is 3.61. The van der Waals surface area contributed by atoms with E-state index in [1.165, 1.54) is 0 Å². The van der Waals surface area contributed by atoms with Gasteiger partial charge in [0.05, 0.1) is 11.1 Å². The van der Waals surface area contributed by atoms with E-state index in [9.17, 15) is 19.2 Å². The fourth-order valence-corrected chi connectivity index (χ4v) is 5.84. The van der Waals surface area contributed by atoms with Gasteiger partial charge in [0, 0.05) is 11.4 Å². The molecule has 2 aliphatic rings. The summed E-state index contributed by atoms with van der Waals surface area (Å²) in [5.74, 6) is -1.71. The van der Waals surface area contributed by atoms with Crippen LogP contribution in [0.2, 0.25) is 0 Å². The Morgan fingerprint density at radius 3 is 1.92 bits per heavy atom. The molecule has 3 aromatic rings. The van der Waals surface area contributed by atoms with Crippen LogP contribution in [0.15, 0.2) is 66.7 Å². The van der Waals surface area contributed by atoms with E-state index in [0.717, 1.165) is 46.5 Å². The van der Waals surface area contributed by atoms with Crippen LogP contribution in [0.3, 0.4) is 0 Å². The molecule has 7 nitrogen and oxygen atoms in total. The second-order valence-electron chi connectivity index (χ2n) is 10.6. The van der Waals surface area contributed by atoms with E-state index in [4.69, 9.17) is 0 Å². The Morgan fingerprint density at radius 1 is 0.795 bits per heavy atom. The van der Waals surface area contributed by atoms with Crippen molar-refractivity contribution in [3.63, 3.8) is 0 Å². The molecular formula is C32H33N3O4. The van der Waals surface area contributed by atoms with Gasteiger partial charge in [0.1, 0.15) is 12.1 Å². The van der Waals surface area contributed by atoms with Gasteiger partial charge in [0.2, 0.25) is 5.91 Å². The molecule has 0 saturated heterocycles. The molecule has 5 rings (SSSR count). The normalized spacial score (nSPS) is 16.1. The fraction of sp³-hybridized carbons (Fsp3) is 0.312. The third-order valence-electron chi connectivity index (χ3n) is 7.96. The minimum atomic E-state index is -1.17. The summed E-state index contributed by atoms with van der Waals surface area (Å²) in [6.07, 6.45) is 3.48. The number of hydrogen-bond acceptors (Lipinski definition) is 4. The Kier molecular flexibility index (Phi) is 7.08. The highest BCUT2D eigenvalue weighted by Gasteiger charge is 2.49. The third-order valence-corrected chi connectivity index (χ3v) is 7.96. The molecule has 0 atom stereocenters. The van der Waals surface area contributed by atoms with E-state index in [-0.39, 0.29) is 17.0 Å². The lowest BCUT2D eigenvalue weighted by Crippen LogP contribution is -2.62. The average Bonchev–Trinajstić information content (AvgIpc) is 3.17. The minimum Gasteiger partial charge on any atom is -0.324 e. The number of anilines is 2. The summed E-state index contributed by atoms with van der Waals surface area (Å²) in [7, 11) is 0. The van der Waals surface area contributed by atoms with Crippen molar-refractivity contribution < 1.29 is 19.2 Å². The number of rotatable bonds is 6. The van der Waals surface area contributed by atoms with Crippen LogP contribution in [0.4, 0.5) is 11.4 Å². The number of amides is 4. The Balaban J connectivity index is 1.55. The highest BCUT2D eigenvalue weighted by molar-refractivity contribution is 6.23. The van der Waals surface area contributed by atoms with E-state index >= 15 is 0 Å². The zero-order chi connectivity index (χ0) is 27.7. The van der Waals surface area contributed by atoms with Gasteiger partial charge in [-0.05, 0) is 69.0 Å². The van der Waals surface area contributed by atoms with E-state index in [1.807, 2.05) is 63.2 Å². The van der Waals surface area contributed by atoms with Gasteiger partial charge in [-0.15, -0.1) is 0 Å². The molecular weight excluding hydrogens is 490 g/mol. The van der Waals surface area contributed by atoms with Crippen LogP contribution in [0.25, 0.3) is 0 Å². The lowest BCUT2D eigenvalue weighted by Gasteiger charge is -2.45. The van der Waals surface area contributed by atoms with E-state index in [0.29, 0.717) is 18.5 Å². The first-order valence-electron chi connectivity index (χ1n) is 13.5. The van der Waals surface area contributed by atoms with Gasteiger partial charge in [0.15, 0.2) is 0 Å². The van der Waals surface area contributed by atoms with E-state index in [1.54, 1.807) is 29.2 Å². The number of imide groups is 1. The van der Waals surface area contributed by atoms with Crippen LogP contribution in [0.1, 0.15) is 69.5 Å². The van der Waals surface area contributed by atoms with Gasteiger partial charge in [-0.1, -0.05) is 67.3 Å². The highest BCUT2D eigenvalue weighted by Crippen LogP contribution is 2.39. The maximum atomic E-state index is 14.3. The molecule has 1 heterocycles. The molecule has 0 bridgehead atoms. The van der Waals surface area contributed by atoms with E-state index < -0.39 is 29.8 Å². The quantitative estimate of drug-likeness (QED) is 0.427. The van der Waals surface area contributed by atoms with Gasteiger partial charge < -0.3 is 5.32 Å². The monoisotopic (exact) mass is 523 g/mol. The first kappa shape index (κ1) is 26.4. The Morgan fingerprint density at radius 2 is 1.36 bits per heavy atom. The second kappa shape index (κ2) is 10.5. The van der Waals surface area contributed by atoms with Crippen LogP contribution >= 0.6 is 0 Å². The number of fused-ring (bicyclic) bond motifs is 1. The van der Waals surface area contributed by atoms with Crippen molar-refractivity contribution in [1.29, 1.82) is 0 Å². The summed E-state index contributed by atoms with van der Waals surface area (Å²) in [6.45, 7) is 5.40. The topological polar surface area (TPSA) is 86.8 Å². The number of nitrogens with zero attached hydrogens (tertiary/aromatic N) is 2. The zero-order valence-electron chi connectivity index (χ0n) is 22.6. The zero-order valence-corrected chi connectivity index (χ0v) is 22.6. The van der Waals surface area contributed by atoms with Crippen molar-refractivity contribution in [1.82, 2.24) is 4.90 Å². The number of para-hydroxylation sites is 1. The lowest BCUT2D eigenvalue weighted by molar-refractivity contribution is -0.128. The molecule has 0 radical (unpaired) electrons. The van der Waals surface area contributed by atoms with Crippen molar-refractivity contribution in [2.75, 3.05) is 16.8 Å². The standard InChI is InChI=1S/C32H33N3O4/c1-21-14-16-24(17-15-21)35(27(36)20-34-29(37)25-12-5-6-13-26(25)30(34)38)32(18-7-4-8-19-32)31(39)33-28-22(2)10-9-11-23(28)3/h5-6,9-17H,4,7-8,18-20H2,1-3H3,(H,33,39). The summed E-state index contributed by atoms with van der Waals surface area (Å²) in [5, 5.41) is 3.15. The van der Waals surface area contributed by atoms with Gasteiger partial charge in [0.25, 0.3) is 17.7 Å². The predicted molar refractivity (Wildman–Crippen MR) is 151 cm³/mol. The van der Waals surface area contributed by atoms with Crippen molar-refractivity contribution in [3.05, 3.63) is 94.5 Å². The molecule has 39 heavy (non-hydrogen) atoms. The molecule has 1 N–H and O–H groups in total. The molecule has 3 aromatic carbocycles. The summed E-state index contributed by atoms with van der Waals surface area (Å²) < 4.78 is 0. The Bertz CT molecular complexity index is 1400. The third kappa shape index (κ3) is 4.73. The molecule has 200 valence electrons. The summed E-state index contributed by atoms with van der Waals surface area (Å²) >= 11 is 0. The largest absolute Gasteiger partial charge is 0.324 e. The molecule has 0 unspecified atom stereocenters. The first-order chi connectivity index (χ1) is 18.7. The molecule has 7 heteroatoms. The van der Waals surface area contributed by atoms with Crippen molar-refractivity contribution >= 4 is 35.0 Å². The highest BCUT2D eigenvalue weighted by atomic mass is 16.2. The van der Waals surface area contributed by atoms with Gasteiger partial charge in [-0.2, -0.15) is 0 Å². The van der Waals surface area contributed by atoms with Crippen LogP contribution in [-0.2, 0) is 9.59 Å². The van der Waals surface area contributed by atoms with Crippen molar-refractivity contribution in [3.8, 4) is 0 Å². The summed E-state index contributed by atoms with van der Waals surface area (Å²) in [4.78, 5) is 57.3. The molecule has 0 spiro atoms. The number of nitrogens with one attached hydrogen (secondary N) is 1. The smallest absolute Gasteiger partial charge is 0.262 e. The molecule has 4 amide bonds. The molecule has 1 aliphatic carbocycles. The van der Waals surface area contributed by atoms with Crippen LogP contribution < -0.4 is 10.2 Å². The predicted octanol–water partition coefficient (Wildman–Crippen LogP) is 5.58. The number of hydrogen-bond donors (Lipinski definition) is 1. The SMILES string of the molecule is Cc1ccc(N(C(=O)CN2C(=O)c3ccccc3C2=O)C2(C(=O)Nc3c(C)cccc3C)CCCCC2)cc1. The van der Waals surface area contributed by atoms with Crippen molar-refractivity contribution in [2.45, 2.75) is 58.4 Å². The summed E-state index contributed by atoms with van der Waals surface area (Å²) in [6, 6.07) is 19.9. The second-order valence-corrected chi connectivity index (χ2v) is 10.6. The lowest BCUT2D eigenvalue weighted by atomic mass is 9.78. The van der Waals surface area contributed by atoms with E-state index in [2.05, 4.69) is 5.32 Å². The number of carbonyl (C=O) groups is 4. The molecule has 1 aliphatic heterocycles. The fourth-order valence-electron chi connectivity index (χ4n) is 5.84. The Hall–Kier alpha value is -4.26. The minimum absolute atomic E-state index is 0.254. The van der Waals surface area contributed by atoms with Crippen LogP contribution in [0.5, 0.6) is 0 Å². The maximum Gasteiger partial charge on any atom is 0.262 e. The molecule has 0 aromatic heterocycles. The maximum absolute atomic E-state index is 14.3. The van der Waals surface area contributed by atoms with Gasteiger partial charge in [-0.3, -0.25) is 29.0 Å². The molecule has 1 saturated carbocycles. The first-order valence-corrected chi connectivity index (χ1v) is 13.5. The number of benzene rings is 3. The van der Waals surface area contributed by atoms with Gasteiger partial charge >= 0.3 is 0 Å².